The molecule has 0 bridgehead atoms. The van der Waals surface area contributed by atoms with E-state index in [9.17, 15) is 38.4 Å². The van der Waals surface area contributed by atoms with Crippen molar-refractivity contribution in [1.82, 2.24) is 9.55 Å². The average molecular weight is 560 g/mol. The van der Waals surface area contributed by atoms with Crippen LogP contribution in [0.4, 0.5) is 0 Å². The molecule has 2 rings (SSSR count). The minimum Gasteiger partial charge on any atom is -0.396 e. The van der Waals surface area contributed by atoms with E-state index in [2.05, 4.69) is 13.1 Å². The lowest BCUT2D eigenvalue weighted by molar-refractivity contribution is -0.0632. The summed E-state index contributed by atoms with van der Waals surface area (Å²) in [6.07, 6.45) is -3.78. The lowest BCUT2D eigenvalue weighted by atomic mass is 10.1. The molecule has 0 amide bonds. The van der Waals surface area contributed by atoms with Crippen LogP contribution in [0.15, 0.2) is 15.8 Å². The first kappa shape index (κ1) is 28.4. The van der Waals surface area contributed by atoms with Crippen LogP contribution >= 0.6 is 35.2 Å². The number of phosphoric ester groups is 1. The van der Waals surface area contributed by atoms with Crippen LogP contribution in [-0.2, 0) is 31.8 Å². The molecule has 1 aliphatic heterocycles. The van der Waals surface area contributed by atoms with Gasteiger partial charge < -0.3 is 38.9 Å². The molecule has 0 spiro atoms. The summed E-state index contributed by atoms with van der Waals surface area (Å²) in [5, 5.41) is 20.3. The van der Waals surface area contributed by atoms with Gasteiger partial charge in [-0.05, 0) is 6.26 Å². The van der Waals surface area contributed by atoms with Crippen molar-refractivity contribution in [3.8, 4) is 5.75 Å². The Kier molecular flexibility index (Phi) is 9.28. The fourth-order valence-corrected chi connectivity index (χ4v) is 5.77. The van der Waals surface area contributed by atoms with Gasteiger partial charge in [0, 0.05) is 0 Å². The zero-order valence-electron chi connectivity index (χ0n) is 16.3. The first-order valence-electron chi connectivity index (χ1n) is 8.32. The number of H-pyrrole nitrogens is 1. The van der Waals surface area contributed by atoms with Crippen molar-refractivity contribution in [2.45, 2.75) is 24.5 Å². The van der Waals surface area contributed by atoms with Crippen LogP contribution in [0.25, 0.3) is 0 Å². The van der Waals surface area contributed by atoms with Gasteiger partial charge in [0.05, 0.1) is 18.7 Å². The number of ether oxygens (including phenoxy) is 2. The molecule has 18 nitrogen and oxygen atoms in total. The second-order valence-electron chi connectivity index (χ2n) is 6.17. The number of nitrogens with zero attached hydrogens (tertiary/aromatic N) is 1. The molecule has 1 fully saturated rings. The third kappa shape index (κ3) is 8.09. The molecular formula is C11H19N2O16P3S. The number of aromatic nitrogens is 2. The fourth-order valence-electron chi connectivity index (χ4n) is 2.49. The zero-order chi connectivity index (χ0) is 25.2. The molecule has 1 aromatic rings. The topological polar surface area (TPSA) is 274 Å². The second-order valence-corrected chi connectivity index (χ2v) is 11.3. The molecule has 0 aliphatic carbocycles. The summed E-state index contributed by atoms with van der Waals surface area (Å²) in [7, 11) is -17.3. The highest BCUT2D eigenvalue weighted by Crippen LogP contribution is 2.65. The van der Waals surface area contributed by atoms with Gasteiger partial charge in [0.1, 0.15) is 18.3 Å². The van der Waals surface area contributed by atoms with E-state index in [1.165, 1.54) is 11.8 Å². The van der Waals surface area contributed by atoms with Crippen molar-refractivity contribution in [2.75, 3.05) is 18.8 Å². The summed E-state index contributed by atoms with van der Waals surface area (Å²) < 4.78 is 56.3. The monoisotopic (exact) mass is 560 g/mol. The van der Waals surface area contributed by atoms with Crippen LogP contribution < -0.4 is 15.8 Å². The van der Waals surface area contributed by atoms with Crippen molar-refractivity contribution in [1.29, 1.82) is 0 Å². The first-order chi connectivity index (χ1) is 15.1. The van der Waals surface area contributed by atoms with Crippen molar-refractivity contribution in [3.63, 3.8) is 0 Å². The summed E-state index contributed by atoms with van der Waals surface area (Å²) in [6, 6.07) is 0. The minimum absolute atomic E-state index is 0.179. The van der Waals surface area contributed by atoms with Gasteiger partial charge in [-0.3, -0.25) is 19.2 Å². The largest absolute Gasteiger partial charge is 0.536 e. The molecule has 0 aromatic carbocycles. The molecule has 33 heavy (non-hydrogen) atoms. The molecule has 190 valence electrons. The maximum atomic E-state index is 12.1. The predicted molar refractivity (Wildman–Crippen MR) is 106 cm³/mol. The van der Waals surface area contributed by atoms with Gasteiger partial charge in [-0.2, -0.15) is 8.62 Å². The zero-order valence-corrected chi connectivity index (χ0v) is 19.8. The standard InChI is InChI=1S/C11H19N2O16P3S/c1-33-4-25-3-6-7(14)8(15)10(26-6)13-2-5(9(16)12-11(13)17)27-31(21,22)29-32(23,24)28-30(18,19)20/h2,6-8,10,14-15H,3-4H2,1H3,(H,21,22)(H,23,24)(H,12,16,17)(H2,18,19,20)/t6-,7-,8-,10-/m1/s1. The van der Waals surface area contributed by atoms with E-state index in [0.717, 1.165) is 0 Å². The highest BCUT2D eigenvalue weighted by Gasteiger charge is 2.45. The normalized spacial score (nSPS) is 27.1. The SMILES string of the molecule is CSCOC[C@H]1O[C@@H](n2cc(OP(=O)(O)OP(=O)(O)OP(=O)(O)O)c(=O)[nH]c2=O)[C@H](O)[C@@H]1O. The van der Waals surface area contributed by atoms with Crippen molar-refractivity contribution in [3.05, 3.63) is 27.0 Å². The van der Waals surface area contributed by atoms with Crippen molar-refractivity contribution in [2.24, 2.45) is 0 Å². The van der Waals surface area contributed by atoms with Gasteiger partial charge >= 0.3 is 29.2 Å². The van der Waals surface area contributed by atoms with Gasteiger partial charge in [-0.15, -0.1) is 11.8 Å². The van der Waals surface area contributed by atoms with Gasteiger partial charge in [0.15, 0.2) is 6.23 Å². The maximum Gasteiger partial charge on any atom is 0.536 e. The molecule has 0 radical (unpaired) electrons. The van der Waals surface area contributed by atoms with Gasteiger partial charge in [0.25, 0.3) is 5.56 Å². The average Bonchev–Trinajstić information content (AvgIpc) is 2.89. The van der Waals surface area contributed by atoms with E-state index in [-0.39, 0.29) is 12.5 Å². The van der Waals surface area contributed by atoms with Crippen LogP contribution in [0.2, 0.25) is 0 Å². The van der Waals surface area contributed by atoms with E-state index >= 15 is 0 Å². The predicted octanol–water partition coefficient (Wildman–Crippen LogP) is -1.80. The number of hydrogen-bond acceptors (Lipinski definition) is 13. The van der Waals surface area contributed by atoms with Gasteiger partial charge in [0.2, 0.25) is 5.75 Å². The molecule has 2 unspecified atom stereocenters. The highest BCUT2D eigenvalue weighted by molar-refractivity contribution is 7.98. The number of phosphoric acid groups is 3. The molecule has 6 atom stereocenters. The Morgan fingerprint density at radius 2 is 1.73 bits per heavy atom. The summed E-state index contributed by atoms with van der Waals surface area (Å²) in [4.78, 5) is 61.5. The number of aliphatic hydroxyl groups is 2. The quantitative estimate of drug-likeness (QED) is 0.0893. The Balaban J connectivity index is 2.27. The third-order valence-electron chi connectivity index (χ3n) is 3.66. The third-order valence-corrected chi connectivity index (χ3v) is 7.82. The summed E-state index contributed by atoms with van der Waals surface area (Å²) in [5.74, 6) is -0.945. The first-order valence-corrected chi connectivity index (χ1v) is 14.2. The molecule has 1 aromatic heterocycles. The highest BCUT2D eigenvalue weighted by atomic mass is 32.2. The summed E-state index contributed by atoms with van der Waals surface area (Å²) >= 11 is 1.32. The van der Waals surface area contributed by atoms with E-state index in [0.29, 0.717) is 10.8 Å². The Labute approximate surface area is 187 Å². The maximum absolute atomic E-state index is 12.1. The molecule has 0 saturated carbocycles. The number of rotatable bonds is 11. The van der Waals surface area contributed by atoms with E-state index < -0.39 is 65.0 Å². The number of hydrogen-bond donors (Lipinski definition) is 7. The van der Waals surface area contributed by atoms with E-state index in [1.807, 2.05) is 0 Å². The van der Waals surface area contributed by atoms with Crippen LogP contribution in [0, 0.1) is 0 Å². The lowest BCUT2D eigenvalue weighted by Gasteiger charge is -2.19. The fraction of sp³-hybridized carbons (Fsp3) is 0.636. The second kappa shape index (κ2) is 10.8. The van der Waals surface area contributed by atoms with Crippen LogP contribution in [0.5, 0.6) is 5.75 Å². The smallest absolute Gasteiger partial charge is 0.396 e. The molecule has 2 heterocycles. The number of nitrogens with one attached hydrogen (secondary N) is 1. The number of aromatic amines is 1. The van der Waals surface area contributed by atoms with Crippen molar-refractivity contribution >= 4 is 35.2 Å². The minimum atomic E-state index is -5.86. The van der Waals surface area contributed by atoms with Crippen molar-refractivity contribution < 1.29 is 66.1 Å². The Morgan fingerprint density at radius 3 is 2.30 bits per heavy atom. The lowest BCUT2D eigenvalue weighted by Crippen LogP contribution is -2.38. The molecule has 7 N–H and O–H groups in total. The Bertz CT molecular complexity index is 1100. The summed E-state index contributed by atoms with van der Waals surface area (Å²) in [5.41, 5.74) is -2.65. The molecular weight excluding hydrogens is 541 g/mol. The van der Waals surface area contributed by atoms with Crippen LogP contribution in [0.1, 0.15) is 6.23 Å². The Hall–Kier alpha value is -0.880. The summed E-state index contributed by atoms with van der Waals surface area (Å²) in [6.45, 7) is -0.179. The van der Waals surface area contributed by atoms with E-state index in [4.69, 9.17) is 24.2 Å². The number of aliphatic hydroxyl groups excluding tert-OH is 2. The van der Waals surface area contributed by atoms with Gasteiger partial charge in [-0.1, -0.05) is 0 Å². The van der Waals surface area contributed by atoms with Gasteiger partial charge in [-0.25, -0.2) is 18.5 Å². The van der Waals surface area contributed by atoms with Crippen LogP contribution in [0.3, 0.4) is 0 Å². The van der Waals surface area contributed by atoms with Crippen LogP contribution in [-0.4, -0.2) is 76.5 Å². The molecule has 22 heteroatoms. The Morgan fingerprint density at radius 1 is 1.09 bits per heavy atom. The molecule has 1 aliphatic rings. The van der Waals surface area contributed by atoms with E-state index in [1.54, 1.807) is 11.2 Å². The number of thioether (sulfide) groups is 1. The molecule has 1 saturated heterocycles.